The molecule has 1 amide bonds. The minimum Gasteiger partial charge on any atom is -0.394 e. The van der Waals surface area contributed by atoms with Crippen molar-refractivity contribution in [3.63, 3.8) is 0 Å². The van der Waals surface area contributed by atoms with Gasteiger partial charge in [0.15, 0.2) is 9.84 Å². The topological polar surface area (TPSA) is 83.5 Å². The average Bonchev–Trinajstić information content (AvgIpc) is 2.08. The highest BCUT2D eigenvalue weighted by Crippen LogP contribution is 2.32. The molecular formula is C10H19NO4S. The minimum absolute atomic E-state index is 0.140. The Kier molecular flexibility index (Phi) is 3.36. The van der Waals surface area contributed by atoms with Crippen LogP contribution in [-0.2, 0) is 14.6 Å². The van der Waals surface area contributed by atoms with Crippen molar-refractivity contribution in [1.82, 2.24) is 5.32 Å². The van der Waals surface area contributed by atoms with Gasteiger partial charge in [0, 0.05) is 6.26 Å². The molecule has 2 N–H and O–H groups in total. The van der Waals surface area contributed by atoms with Gasteiger partial charge in [0.05, 0.1) is 12.1 Å². The molecule has 0 radical (unpaired) electrons. The van der Waals surface area contributed by atoms with Crippen molar-refractivity contribution < 1.29 is 18.3 Å². The maximum absolute atomic E-state index is 11.9. The molecule has 94 valence electrons. The van der Waals surface area contributed by atoms with Crippen molar-refractivity contribution in [3.8, 4) is 0 Å². The lowest BCUT2D eigenvalue weighted by atomic mass is 9.77. The Morgan fingerprint density at radius 1 is 1.44 bits per heavy atom. The van der Waals surface area contributed by atoms with Crippen LogP contribution < -0.4 is 5.32 Å². The number of amides is 1. The predicted octanol–water partition coefficient (Wildman–Crippen LogP) is -0.159. The van der Waals surface area contributed by atoms with Gasteiger partial charge in [-0.05, 0) is 33.1 Å². The SMILES string of the molecule is CC(C)(C(=O)NC1(CO)CCC1)S(C)(=O)=O. The summed E-state index contributed by atoms with van der Waals surface area (Å²) in [5.74, 6) is -0.538. The van der Waals surface area contributed by atoms with Crippen molar-refractivity contribution in [1.29, 1.82) is 0 Å². The number of hydrogen-bond acceptors (Lipinski definition) is 4. The van der Waals surface area contributed by atoms with Crippen molar-refractivity contribution in [2.45, 2.75) is 43.4 Å². The quantitative estimate of drug-likeness (QED) is 0.725. The van der Waals surface area contributed by atoms with E-state index >= 15 is 0 Å². The Bertz CT molecular complexity index is 376. The Balaban J connectivity index is 2.80. The summed E-state index contributed by atoms with van der Waals surface area (Å²) < 4.78 is 21.4. The van der Waals surface area contributed by atoms with E-state index in [2.05, 4.69) is 5.32 Å². The van der Waals surface area contributed by atoms with Gasteiger partial charge in [-0.25, -0.2) is 8.42 Å². The maximum atomic E-state index is 11.9. The van der Waals surface area contributed by atoms with E-state index in [1.807, 2.05) is 0 Å². The molecule has 16 heavy (non-hydrogen) atoms. The molecule has 1 aliphatic rings. The molecule has 0 saturated heterocycles. The van der Waals surface area contributed by atoms with Crippen LogP contribution in [0.25, 0.3) is 0 Å². The second kappa shape index (κ2) is 4.00. The van der Waals surface area contributed by atoms with Crippen molar-refractivity contribution in [3.05, 3.63) is 0 Å². The summed E-state index contributed by atoms with van der Waals surface area (Å²) in [6, 6.07) is 0. The summed E-state index contributed by atoms with van der Waals surface area (Å²) >= 11 is 0. The lowest BCUT2D eigenvalue weighted by Crippen LogP contribution is -2.61. The zero-order valence-corrected chi connectivity index (χ0v) is 10.7. The molecule has 0 bridgehead atoms. The lowest BCUT2D eigenvalue weighted by Gasteiger charge is -2.42. The lowest BCUT2D eigenvalue weighted by molar-refractivity contribution is -0.126. The molecule has 0 heterocycles. The first-order chi connectivity index (χ1) is 7.15. The fraction of sp³-hybridized carbons (Fsp3) is 0.900. The fourth-order valence-electron chi connectivity index (χ4n) is 1.49. The van der Waals surface area contributed by atoms with Crippen molar-refractivity contribution >= 4 is 15.7 Å². The number of aliphatic hydroxyl groups is 1. The van der Waals surface area contributed by atoms with Gasteiger partial charge in [-0.15, -0.1) is 0 Å². The van der Waals surface area contributed by atoms with Crippen LogP contribution in [-0.4, -0.2) is 42.6 Å². The molecule has 0 atom stereocenters. The first kappa shape index (κ1) is 13.4. The van der Waals surface area contributed by atoms with E-state index in [-0.39, 0.29) is 6.61 Å². The van der Waals surface area contributed by atoms with Gasteiger partial charge < -0.3 is 10.4 Å². The van der Waals surface area contributed by atoms with Crippen LogP contribution in [0.2, 0.25) is 0 Å². The predicted molar refractivity (Wildman–Crippen MR) is 60.7 cm³/mol. The third-order valence-corrected chi connectivity index (χ3v) is 5.51. The molecule has 0 unspecified atom stereocenters. The number of sulfone groups is 1. The largest absolute Gasteiger partial charge is 0.394 e. The summed E-state index contributed by atoms with van der Waals surface area (Å²) in [7, 11) is -3.46. The monoisotopic (exact) mass is 249 g/mol. The summed E-state index contributed by atoms with van der Waals surface area (Å²) in [4.78, 5) is 11.9. The Morgan fingerprint density at radius 3 is 2.19 bits per heavy atom. The molecule has 1 fully saturated rings. The molecule has 1 saturated carbocycles. The highest BCUT2D eigenvalue weighted by Gasteiger charge is 2.45. The van der Waals surface area contributed by atoms with Gasteiger partial charge >= 0.3 is 0 Å². The van der Waals surface area contributed by atoms with E-state index in [9.17, 15) is 18.3 Å². The van der Waals surface area contributed by atoms with Gasteiger partial charge in [-0.2, -0.15) is 0 Å². The Hall–Kier alpha value is -0.620. The second-order valence-corrected chi connectivity index (χ2v) is 7.59. The van der Waals surface area contributed by atoms with E-state index in [0.717, 1.165) is 12.7 Å². The first-order valence-corrected chi connectivity index (χ1v) is 7.17. The fourth-order valence-corrected chi connectivity index (χ4v) is 1.87. The molecule has 0 aliphatic heterocycles. The van der Waals surface area contributed by atoms with E-state index < -0.39 is 26.0 Å². The molecule has 5 nitrogen and oxygen atoms in total. The van der Waals surface area contributed by atoms with Crippen molar-refractivity contribution in [2.24, 2.45) is 0 Å². The third-order valence-electron chi connectivity index (χ3n) is 3.47. The van der Waals surface area contributed by atoms with Crippen LogP contribution in [0.5, 0.6) is 0 Å². The van der Waals surface area contributed by atoms with Gasteiger partial charge in [-0.3, -0.25) is 4.79 Å². The highest BCUT2D eigenvalue weighted by atomic mass is 32.2. The van der Waals surface area contributed by atoms with Gasteiger partial charge in [-0.1, -0.05) is 0 Å². The molecule has 0 aromatic carbocycles. The number of nitrogens with one attached hydrogen (secondary N) is 1. The van der Waals surface area contributed by atoms with Gasteiger partial charge in [0.2, 0.25) is 5.91 Å². The molecule has 1 rings (SSSR count). The number of carbonyl (C=O) groups excluding carboxylic acids is 1. The third kappa shape index (κ3) is 2.22. The second-order valence-electron chi connectivity index (χ2n) is 5.03. The highest BCUT2D eigenvalue weighted by molar-refractivity contribution is 7.92. The van der Waals surface area contributed by atoms with E-state index in [1.165, 1.54) is 13.8 Å². The zero-order valence-electron chi connectivity index (χ0n) is 9.91. The van der Waals surface area contributed by atoms with Gasteiger partial charge in [0.25, 0.3) is 0 Å². The number of rotatable bonds is 4. The van der Waals surface area contributed by atoms with Crippen LogP contribution in [0.4, 0.5) is 0 Å². The first-order valence-electron chi connectivity index (χ1n) is 5.28. The van der Waals surface area contributed by atoms with E-state index in [0.29, 0.717) is 12.8 Å². The summed E-state index contributed by atoms with van der Waals surface area (Å²) in [6.07, 6.45) is 3.39. The number of carbonyl (C=O) groups is 1. The summed E-state index contributed by atoms with van der Waals surface area (Å²) in [5.41, 5.74) is -0.598. The Labute approximate surface area is 96.1 Å². The average molecular weight is 249 g/mol. The molecule has 0 aromatic heterocycles. The molecule has 6 heteroatoms. The van der Waals surface area contributed by atoms with Crippen molar-refractivity contribution in [2.75, 3.05) is 12.9 Å². The number of aliphatic hydroxyl groups excluding tert-OH is 1. The normalized spacial score (nSPS) is 20.0. The van der Waals surface area contributed by atoms with Crippen LogP contribution in [0.3, 0.4) is 0 Å². The molecular weight excluding hydrogens is 230 g/mol. The molecule has 1 aliphatic carbocycles. The Morgan fingerprint density at radius 2 is 1.94 bits per heavy atom. The van der Waals surface area contributed by atoms with Crippen LogP contribution in [0, 0.1) is 0 Å². The van der Waals surface area contributed by atoms with E-state index in [4.69, 9.17) is 0 Å². The number of hydrogen-bond donors (Lipinski definition) is 2. The standard InChI is InChI=1S/C10H19NO4S/c1-9(2,16(3,14)15)8(13)11-10(7-12)5-4-6-10/h12H,4-7H2,1-3H3,(H,11,13). The van der Waals surface area contributed by atoms with Crippen LogP contribution in [0.1, 0.15) is 33.1 Å². The molecule has 0 aromatic rings. The molecule has 0 spiro atoms. The summed E-state index contributed by atoms with van der Waals surface area (Å²) in [6.45, 7) is 2.61. The maximum Gasteiger partial charge on any atom is 0.241 e. The van der Waals surface area contributed by atoms with E-state index in [1.54, 1.807) is 0 Å². The smallest absolute Gasteiger partial charge is 0.241 e. The van der Waals surface area contributed by atoms with Gasteiger partial charge in [0.1, 0.15) is 4.75 Å². The van der Waals surface area contributed by atoms with Crippen LogP contribution in [0.15, 0.2) is 0 Å². The minimum atomic E-state index is -3.46. The summed E-state index contributed by atoms with van der Waals surface area (Å²) in [5, 5.41) is 11.8. The zero-order chi connectivity index (χ0) is 12.6. The van der Waals surface area contributed by atoms with Crippen LogP contribution >= 0.6 is 0 Å².